The van der Waals surface area contributed by atoms with Gasteiger partial charge in [0.05, 0.1) is 11.1 Å². The third-order valence-electron chi connectivity index (χ3n) is 6.86. The van der Waals surface area contributed by atoms with Gasteiger partial charge in [-0.15, -0.1) is 0 Å². The molecule has 0 bridgehead atoms. The van der Waals surface area contributed by atoms with E-state index >= 15 is 0 Å². The highest BCUT2D eigenvalue weighted by Gasteiger charge is 2.43. The molecule has 0 heterocycles. The number of halogens is 6. The second-order valence-corrected chi connectivity index (χ2v) is 9.97. The SMILES string of the molecule is CCCCCCc1cc(C(=O)C(F)(F)F)c(O)c(Cc2c(O)c(CCCCCC)cc(C(=O)C(F)(F)F)c2O)c1O. The molecular formula is C29H34F6O6. The van der Waals surface area contributed by atoms with Crippen LogP contribution < -0.4 is 0 Å². The molecule has 0 unspecified atom stereocenters. The number of ketones is 2. The Morgan fingerprint density at radius 1 is 0.585 bits per heavy atom. The Labute approximate surface area is 233 Å². The smallest absolute Gasteiger partial charge is 0.455 e. The summed E-state index contributed by atoms with van der Waals surface area (Å²) in [6.45, 7) is 3.84. The zero-order valence-corrected chi connectivity index (χ0v) is 22.8. The minimum Gasteiger partial charge on any atom is -0.507 e. The number of benzene rings is 2. The summed E-state index contributed by atoms with van der Waals surface area (Å²) in [4.78, 5) is 24.2. The normalized spacial score (nSPS) is 12.1. The van der Waals surface area contributed by atoms with Crippen LogP contribution in [0.15, 0.2) is 12.1 Å². The maximum Gasteiger partial charge on any atom is 0.455 e. The number of unbranched alkanes of at least 4 members (excludes halogenated alkanes) is 6. The largest absolute Gasteiger partial charge is 0.507 e. The van der Waals surface area contributed by atoms with Crippen molar-refractivity contribution in [2.45, 2.75) is 96.8 Å². The van der Waals surface area contributed by atoms with Crippen LogP contribution in [-0.2, 0) is 19.3 Å². The Morgan fingerprint density at radius 3 is 1.22 bits per heavy atom. The molecule has 0 aliphatic rings. The van der Waals surface area contributed by atoms with Crippen LogP contribution in [0, 0.1) is 0 Å². The molecule has 0 aromatic heterocycles. The summed E-state index contributed by atoms with van der Waals surface area (Å²) in [5.74, 6) is -8.94. The van der Waals surface area contributed by atoms with Crippen LogP contribution >= 0.6 is 0 Å². The quantitative estimate of drug-likeness (QED) is 0.101. The first kappa shape index (κ1) is 33.8. The van der Waals surface area contributed by atoms with Gasteiger partial charge in [0.15, 0.2) is 0 Å². The first-order valence-electron chi connectivity index (χ1n) is 13.4. The molecule has 4 N–H and O–H groups in total. The lowest BCUT2D eigenvalue weighted by molar-refractivity contribution is -0.0889. The van der Waals surface area contributed by atoms with Crippen LogP contribution in [0.3, 0.4) is 0 Å². The van der Waals surface area contributed by atoms with Gasteiger partial charge in [0, 0.05) is 17.5 Å². The first-order valence-corrected chi connectivity index (χ1v) is 13.4. The van der Waals surface area contributed by atoms with E-state index in [4.69, 9.17) is 0 Å². The van der Waals surface area contributed by atoms with E-state index in [1.165, 1.54) is 0 Å². The molecule has 12 heteroatoms. The zero-order valence-electron chi connectivity index (χ0n) is 22.8. The molecule has 0 fully saturated rings. The lowest BCUT2D eigenvalue weighted by Crippen LogP contribution is -2.24. The number of carbonyl (C=O) groups excluding carboxylic acids is 2. The molecule has 2 rings (SSSR count). The van der Waals surface area contributed by atoms with E-state index < -0.39 is 75.6 Å². The summed E-state index contributed by atoms with van der Waals surface area (Å²) in [6.07, 6.45) is -6.47. The Kier molecular flexibility index (Phi) is 11.5. The van der Waals surface area contributed by atoms with Gasteiger partial charge in [-0.3, -0.25) is 9.59 Å². The van der Waals surface area contributed by atoms with Crippen molar-refractivity contribution in [3.05, 3.63) is 45.5 Å². The number of aryl methyl sites for hydroxylation is 2. The molecule has 228 valence electrons. The summed E-state index contributed by atoms with van der Waals surface area (Å²) in [7, 11) is 0. The number of aromatic hydroxyl groups is 4. The van der Waals surface area contributed by atoms with Crippen molar-refractivity contribution in [1.82, 2.24) is 0 Å². The van der Waals surface area contributed by atoms with E-state index in [-0.39, 0.29) is 24.0 Å². The highest BCUT2D eigenvalue weighted by molar-refractivity contribution is 6.04. The van der Waals surface area contributed by atoms with Crippen LogP contribution in [0.25, 0.3) is 0 Å². The summed E-state index contributed by atoms with van der Waals surface area (Å²) < 4.78 is 79.9. The summed E-state index contributed by atoms with van der Waals surface area (Å²) in [6, 6.07) is 1.41. The van der Waals surface area contributed by atoms with Crippen molar-refractivity contribution < 1.29 is 56.4 Å². The molecule has 6 nitrogen and oxygen atoms in total. The number of alkyl halides is 6. The third-order valence-corrected chi connectivity index (χ3v) is 6.86. The van der Waals surface area contributed by atoms with Gasteiger partial charge in [-0.05, 0) is 48.9 Å². The van der Waals surface area contributed by atoms with Crippen LogP contribution in [0.5, 0.6) is 23.0 Å². The number of hydrogen-bond donors (Lipinski definition) is 4. The fourth-order valence-corrected chi connectivity index (χ4v) is 4.59. The molecule has 0 amide bonds. The number of carbonyl (C=O) groups is 2. The second-order valence-electron chi connectivity index (χ2n) is 9.97. The van der Waals surface area contributed by atoms with E-state index in [9.17, 15) is 56.4 Å². The Balaban J connectivity index is 2.76. The fraction of sp³-hybridized carbons (Fsp3) is 0.517. The van der Waals surface area contributed by atoms with Gasteiger partial charge in [0.25, 0.3) is 11.6 Å². The molecule has 0 aliphatic carbocycles. The van der Waals surface area contributed by atoms with Crippen molar-refractivity contribution in [2.75, 3.05) is 0 Å². The third kappa shape index (κ3) is 8.29. The van der Waals surface area contributed by atoms with Gasteiger partial charge < -0.3 is 20.4 Å². The molecule has 2 aromatic carbocycles. The van der Waals surface area contributed by atoms with Crippen LogP contribution in [0.4, 0.5) is 26.3 Å². The molecule has 0 saturated heterocycles. The molecule has 0 aliphatic heterocycles. The van der Waals surface area contributed by atoms with Crippen molar-refractivity contribution >= 4 is 11.6 Å². The van der Waals surface area contributed by atoms with E-state index in [1.54, 1.807) is 0 Å². The maximum atomic E-state index is 13.3. The van der Waals surface area contributed by atoms with Gasteiger partial charge in [-0.25, -0.2) is 0 Å². The van der Waals surface area contributed by atoms with Gasteiger partial charge >= 0.3 is 12.4 Å². The topological polar surface area (TPSA) is 115 Å². The van der Waals surface area contributed by atoms with Crippen molar-refractivity contribution in [3.8, 4) is 23.0 Å². The molecular weight excluding hydrogens is 558 g/mol. The van der Waals surface area contributed by atoms with E-state index in [2.05, 4.69) is 0 Å². The maximum absolute atomic E-state index is 13.3. The molecule has 0 saturated carbocycles. The number of phenols is 4. The standard InChI is InChI=1S/C29H34F6O6/c1-3-5-7-9-11-16-13-20(26(40)28(30,31)32)24(38)18(22(16)36)15-19-23(37)17(12-10-8-6-4-2)14-21(25(19)39)27(41)29(33,34)35/h13-14,36-39H,3-12,15H2,1-2H3. The van der Waals surface area contributed by atoms with Crippen molar-refractivity contribution in [2.24, 2.45) is 0 Å². The number of phenolic OH excluding ortho intramolecular Hbond substituents is 4. The molecule has 0 atom stereocenters. The number of Topliss-reactive ketones (excluding diaryl/α,β-unsaturated/α-hetero) is 2. The summed E-state index contributed by atoms with van der Waals surface area (Å²) in [5, 5.41) is 43.1. The van der Waals surface area contributed by atoms with Gasteiger partial charge in [0.2, 0.25) is 0 Å². The van der Waals surface area contributed by atoms with Crippen molar-refractivity contribution in [1.29, 1.82) is 0 Å². The lowest BCUT2D eigenvalue weighted by Gasteiger charge is -2.20. The highest BCUT2D eigenvalue weighted by Crippen LogP contribution is 2.44. The molecule has 0 radical (unpaired) electrons. The van der Waals surface area contributed by atoms with Crippen LogP contribution in [-0.4, -0.2) is 44.3 Å². The molecule has 41 heavy (non-hydrogen) atoms. The molecule has 2 aromatic rings. The second kappa shape index (κ2) is 14.0. The first-order chi connectivity index (χ1) is 19.1. The van der Waals surface area contributed by atoms with Gasteiger partial charge in [-0.1, -0.05) is 52.4 Å². The Morgan fingerprint density at radius 2 is 0.927 bits per heavy atom. The summed E-state index contributed by atoms with van der Waals surface area (Å²) in [5.41, 5.74) is -4.10. The fourth-order valence-electron chi connectivity index (χ4n) is 4.59. The summed E-state index contributed by atoms with van der Waals surface area (Å²) >= 11 is 0. The van der Waals surface area contributed by atoms with Crippen LogP contribution in [0.2, 0.25) is 0 Å². The Hall–Kier alpha value is -3.44. The minimum absolute atomic E-state index is 0.00446. The van der Waals surface area contributed by atoms with Gasteiger partial charge in [-0.2, -0.15) is 26.3 Å². The Bertz CT molecular complexity index is 1150. The van der Waals surface area contributed by atoms with Crippen LogP contribution in [0.1, 0.15) is 108 Å². The highest BCUT2D eigenvalue weighted by atomic mass is 19.4. The minimum atomic E-state index is -5.40. The van der Waals surface area contributed by atoms with E-state index in [1.807, 2.05) is 13.8 Å². The predicted octanol–water partition coefficient (Wildman–Crippen LogP) is 7.84. The lowest BCUT2D eigenvalue weighted by atomic mass is 9.89. The predicted molar refractivity (Wildman–Crippen MR) is 139 cm³/mol. The van der Waals surface area contributed by atoms with E-state index in [0.29, 0.717) is 37.8 Å². The van der Waals surface area contributed by atoms with Gasteiger partial charge in [0.1, 0.15) is 23.0 Å². The zero-order chi connectivity index (χ0) is 31.1. The molecule has 0 spiro atoms. The number of rotatable bonds is 14. The van der Waals surface area contributed by atoms with Crippen molar-refractivity contribution in [3.63, 3.8) is 0 Å². The monoisotopic (exact) mass is 592 g/mol. The average molecular weight is 593 g/mol. The van der Waals surface area contributed by atoms with E-state index in [0.717, 1.165) is 25.7 Å². The average Bonchev–Trinajstić information content (AvgIpc) is 2.89. The number of hydrogen-bond acceptors (Lipinski definition) is 6.